The molecule has 42 heavy (non-hydrogen) atoms. The molecular formula is C31H38FN3O5S2. The molecule has 0 aliphatic rings. The standard InChI is InChI=1S/C31H38FN3O5S2/c1-6-40-29-14-10-9-13-28(29)35(42(38,39)26-17-15-25(41-5)16-18-26)21-30(36)34(20-24-11-7-8-12-27(24)32)23(4)31(37)33-19-22(2)3/h7-18,22-23H,6,19-21H2,1-5H3,(H,33,37)/t23-/m1/s1. The van der Waals surface area contributed by atoms with E-state index in [1.54, 1.807) is 56.3 Å². The van der Waals surface area contributed by atoms with Gasteiger partial charge in [0.25, 0.3) is 10.0 Å². The molecule has 3 aromatic rings. The van der Waals surface area contributed by atoms with Gasteiger partial charge in [-0.05, 0) is 68.5 Å². The van der Waals surface area contributed by atoms with Gasteiger partial charge in [0.2, 0.25) is 11.8 Å². The number of benzene rings is 3. The lowest BCUT2D eigenvalue weighted by molar-refractivity contribution is -0.139. The summed E-state index contributed by atoms with van der Waals surface area (Å²) < 4.78 is 49.6. The maximum Gasteiger partial charge on any atom is 0.264 e. The minimum Gasteiger partial charge on any atom is -0.492 e. The van der Waals surface area contributed by atoms with Gasteiger partial charge in [0.05, 0.1) is 17.2 Å². The number of thioether (sulfide) groups is 1. The predicted octanol–water partition coefficient (Wildman–Crippen LogP) is 5.33. The van der Waals surface area contributed by atoms with Crippen molar-refractivity contribution in [3.8, 4) is 5.75 Å². The summed E-state index contributed by atoms with van der Waals surface area (Å²) >= 11 is 1.47. The molecule has 0 saturated heterocycles. The lowest BCUT2D eigenvalue weighted by Gasteiger charge is -2.32. The zero-order valence-corrected chi connectivity index (χ0v) is 26.2. The number of hydrogen-bond acceptors (Lipinski definition) is 6. The number of para-hydroxylation sites is 2. The van der Waals surface area contributed by atoms with E-state index >= 15 is 0 Å². The van der Waals surface area contributed by atoms with Gasteiger partial charge >= 0.3 is 0 Å². The number of nitrogens with zero attached hydrogens (tertiary/aromatic N) is 2. The highest BCUT2D eigenvalue weighted by Crippen LogP contribution is 2.33. The maximum absolute atomic E-state index is 14.7. The average molecular weight is 616 g/mol. The Morgan fingerprint density at radius 1 is 0.976 bits per heavy atom. The van der Waals surface area contributed by atoms with Gasteiger partial charge in [-0.2, -0.15) is 0 Å². The minimum atomic E-state index is -4.27. The van der Waals surface area contributed by atoms with Gasteiger partial charge in [-0.1, -0.05) is 44.2 Å². The fraction of sp³-hybridized carbons (Fsp3) is 0.355. The molecule has 0 aromatic heterocycles. The van der Waals surface area contributed by atoms with Gasteiger partial charge in [-0.25, -0.2) is 12.8 Å². The molecule has 8 nitrogen and oxygen atoms in total. The summed E-state index contributed by atoms with van der Waals surface area (Å²) in [5, 5.41) is 2.81. The number of rotatable bonds is 14. The Kier molecular flexibility index (Phi) is 11.8. The van der Waals surface area contributed by atoms with Crippen LogP contribution in [-0.4, -0.2) is 57.1 Å². The number of halogens is 1. The Morgan fingerprint density at radius 3 is 2.24 bits per heavy atom. The highest BCUT2D eigenvalue weighted by molar-refractivity contribution is 7.98. The van der Waals surface area contributed by atoms with E-state index in [1.165, 1.54) is 47.0 Å². The molecule has 0 aliphatic carbocycles. The van der Waals surface area contributed by atoms with Crippen LogP contribution in [0, 0.1) is 11.7 Å². The number of sulfonamides is 1. The molecule has 0 radical (unpaired) electrons. The van der Waals surface area contributed by atoms with Crippen molar-refractivity contribution in [2.75, 3.05) is 30.3 Å². The highest BCUT2D eigenvalue weighted by Gasteiger charge is 2.34. The largest absolute Gasteiger partial charge is 0.492 e. The van der Waals surface area contributed by atoms with Crippen LogP contribution in [0.25, 0.3) is 0 Å². The van der Waals surface area contributed by atoms with Gasteiger partial charge in [-0.15, -0.1) is 11.8 Å². The first kappa shape index (κ1) is 32.9. The molecule has 0 heterocycles. The summed E-state index contributed by atoms with van der Waals surface area (Å²) in [5.74, 6) is -1.19. The average Bonchev–Trinajstić information content (AvgIpc) is 2.98. The van der Waals surface area contributed by atoms with Crippen molar-refractivity contribution in [3.05, 3.63) is 84.2 Å². The first-order valence-corrected chi connectivity index (χ1v) is 16.3. The summed E-state index contributed by atoms with van der Waals surface area (Å²) in [7, 11) is -4.27. The van der Waals surface area contributed by atoms with E-state index in [1.807, 2.05) is 20.1 Å². The third-order valence-electron chi connectivity index (χ3n) is 6.51. The van der Waals surface area contributed by atoms with Crippen LogP contribution < -0.4 is 14.4 Å². The van der Waals surface area contributed by atoms with Gasteiger partial charge in [0.15, 0.2) is 0 Å². The number of ether oxygens (including phenoxy) is 1. The number of anilines is 1. The summed E-state index contributed by atoms with van der Waals surface area (Å²) in [5.41, 5.74) is 0.371. The first-order valence-electron chi connectivity index (χ1n) is 13.7. The van der Waals surface area contributed by atoms with Crippen molar-refractivity contribution in [2.24, 2.45) is 5.92 Å². The lowest BCUT2D eigenvalue weighted by atomic mass is 10.1. The van der Waals surface area contributed by atoms with Gasteiger partial charge < -0.3 is 15.0 Å². The van der Waals surface area contributed by atoms with Crippen LogP contribution in [-0.2, 0) is 26.2 Å². The molecular weight excluding hydrogens is 577 g/mol. The van der Waals surface area contributed by atoms with E-state index < -0.39 is 40.2 Å². The maximum atomic E-state index is 14.7. The van der Waals surface area contributed by atoms with Gasteiger partial charge in [-0.3, -0.25) is 13.9 Å². The Morgan fingerprint density at radius 2 is 1.62 bits per heavy atom. The third-order valence-corrected chi connectivity index (χ3v) is 9.03. The van der Waals surface area contributed by atoms with Crippen LogP contribution in [0.1, 0.15) is 33.3 Å². The second-order valence-corrected chi connectivity index (χ2v) is 12.8. The predicted molar refractivity (Wildman–Crippen MR) is 165 cm³/mol. The monoisotopic (exact) mass is 615 g/mol. The van der Waals surface area contributed by atoms with Crippen LogP contribution in [0.5, 0.6) is 5.75 Å². The second-order valence-electron chi connectivity index (χ2n) is 10.0. The molecule has 11 heteroatoms. The fourth-order valence-corrected chi connectivity index (χ4v) is 6.01. The molecule has 0 saturated carbocycles. The Balaban J connectivity index is 2.08. The molecule has 1 N–H and O–H groups in total. The van der Waals surface area contributed by atoms with Crippen LogP contribution >= 0.6 is 11.8 Å². The van der Waals surface area contributed by atoms with E-state index in [4.69, 9.17) is 4.74 Å². The van der Waals surface area contributed by atoms with Crippen molar-refractivity contribution in [1.29, 1.82) is 0 Å². The van der Waals surface area contributed by atoms with E-state index in [0.717, 1.165) is 9.20 Å². The molecule has 0 unspecified atom stereocenters. The number of amides is 2. The quantitative estimate of drug-likeness (QED) is 0.246. The molecule has 0 fully saturated rings. The number of hydrogen-bond donors (Lipinski definition) is 1. The van der Waals surface area contributed by atoms with Crippen molar-refractivity contribution in [1.82, 2.24) is 10.2 Å². The molecule has 0 spiro atoms. The molecule has 0 aliphatic heterocycles. The zero-order valence-electron chi connectivity index (χ0n) is 24.5. The first-order chi connectivity index (χ1) is 20.0. The molecule has 0 bridgehead atoms. The lowest BCUT2D eigenvalue weighted by Crippen LogP contribution is -2.51. The molecule has 1 atom stereocenters. The Hall–Kier alpha value is -3.57. The fourth-order valence-electron chi connectivity index (χ4n) is 4.17. The topological polar surface area (TPSA) is 96.0 Å². The summed E-state index contributed by atoms with van der Waals surface area (Å²) in [6.45, 7) is 6.98. The van der Waals surface area contributed by atoms with E-state index in [-0.39, 0.29) is 41.0 Å². The van der Waals surface area contributed by atoms with Crippen LogP contribution in [0.3, 0.4) is 0 Å². The molecule has 2 amide bonds. The smallest absolute Gasteiger partial charge is 0.264 e. The van der Waals surface area contributed by atoms with E-state index in [2.05, 4.69) is 5.32 Å². The minimum absolute atomic E-state index is 0.0113. The van der Waals surface area contributed by atoms with E-state index in [9.17, 15) is 22.4 Å². The SMILES string of the molecule is CCOc1ccccc1N(CC(=O)N(Cc1ccccc1F)[C@H](C)C(=O)NCC(C)C)S(=O)(=O)c1ccc(SC)cc1. The second kappa shape index (κ2) is 15.1. The number of carbonyl (C=O) groups is 2. The van der Waals surface area contributed by atoms with Gasteiger partial charge in [0.1, 0.15) is 24.2 Å². The molecule has 3 aromatic carbocycles. The summed E-state index contributed by atoms with van der Waals surface area (Å²) in [4.78, 5) is 29.2. The van der Waals surface area contributed by atoms with Gasteiger partial charge in [0, 0.05) is 23.5 Å². The number of carbonyl (C=O) groups excluding carboxylic acids is 2. The van der Waals surface area contributed by atoms with E-state index in [0.29, 0.717) is 6.54 Å². The normalized spacial score (nSPS) is 12.1. The summed E-state index contributed by atoms with van der Waals surface area (Å²) in [6, 6.07) is 17.9. The molecule has 226 valence electrons. The molecule has 3 rings (SSSR count). The Bertz CT molecular complexity index is 1470. The van der Waals surface area contributed by atoms with Crippen molar-refractivity contribution in [3.63, 3.8) is 0 Å². The van der Waals surface area contributed by atoms with Crippen LogP contribution in [0.4, 0.5) is 10.1 Å². The van der Waals surface area contributed by atoms with Crippen molar-refractivity contribution >= 4 is 39.3 Å². The Labute approximate surface area is 252 Å². The van der Waals surface area contributed by atoms with Crippen LogP contribution in [0.15, 0.2) is 82.6 Å². The zero-order chi connectivity index (χ0) is 30.9. The van der Waals surface area contributed by atoms with Crippen molar-refractivity contribution in [2.45, 2.75) is 50.1 Å². The van der Waals surface area contributed by atoms with Crippen molar-refractivity contribution < 1.29 is 27.1 Å². The highest BCUT2D eigenvalue weighted by atomic mass is 32.2. The number of nitrogens with one attached hydrogen (secondary N) is 1. The van der Waals surface area contributed by atoms with Crippen LogP contribution in [0.2, 0.25) is 0 Å². The summed E-state index contributed by atoms with van der Waals surface area (Å²) in [6.07, 6.45) is 1.88. The third kappa shape index (κ3) is 8.25.